The predicted octanol–water partition coefficient (Wildman–Crippen LogP) is 3.85. The van der Waals surface area contributed by atoms with E-state index in [4.69, 9.17) is 5.26 Å². The smallest absolute Gasteiger partial charge is 0.335 e. The minimum Gasteiger partial charge on any atom is -0.478 e. The van der Waals surface area contributed by atoms with E-state index < -0.39 is 11.9 Å². The van der Waals surface area contributed by atoms with Gasteiger partial charge in [0.1, 0.15) is 6.54 Å². The molecule has 2 amide bonds. The van der Waals surface area contributed by atoms with E-state index in [0.29, 0.717) is 23.5 Å². The van der Waals surface area contributed by atoms with Gasteiger partial charge in [-0.1, -0.05) is 42.5 Å². The van der Waals surface area contributed by atoms with Crippen LogP contribution in [0.5, 0.6) is 0 Å². The summed E-state index contributed by atoms with van der Waals surface area (Å²) in [5.74, 6) is -1.84. The summed E-state index contributed by atoms with van der Waals surface area (Å²) in [5.41, 5.74) is 3.00. The SMILES string of the molecule is N#Cc1ccc(/C=C/C(=O)N2CC(=O)N(Cc3ccccc3)c3ccc(C(=O)O)cc32)cc1. The van der Waals surface area contributed by atoms with Crippen LogP contribution in [-0.2, 0) is 16.1 Å². The van der Waals surface area contributed by atoms with Crippen molar-refractivity contribution >= 4 is 35.2 Å². The quantitative estimate of drug-likeness (QED) is 0.611. The van der Waals surface area contributed by atoms with Crippen molar-refractivity contribution in [3.05, 3.63) is 101 Å². The van der Waals surface area contributed by atoms with Crippen molar-refractivity contribution in [2.45, 2.75) is 6.54 Å². The molecule has 0 aliphatic carbocycles. The Hall–Kier alpha value is -4.70. The summed E-state index contributed by atoms with van der Waals surface area (Å²) >= 11 is 0. The number of nitriles is 1. The molecule has 4 rings (SSSR count). The lowest BCUT2D eigenvalue weighted by molar-refractivity contribution is -0.120. The zero-order valence-corrected chi connectivity index (χ0v) is 17.5. The van der Waals surface area contributed by atoms with E-state index >= 15 is 0 Å². The molecular formula is C26H19N3O4. The molecule has 3 aromatic carbocycles. The second-order valence-electron chi connectivity index (χ2n) is 7.47. The number of carboxylic acid groups (broad SMARTS) is 1. The predicted molar refractivity (Wildman–Crippen MR) is 124 cm³/mol. The highest BCUT2D eigenvalue weighted by Crippen LogP contribution is 2.36. The fraction of sp³-hybridized carbons (Fsp3) is 0.0769. The average molecular weight is 437 g/mol. The van der Waals surface area contributed by atoms with Crippen molar-refractivity contribution in [1.29, 1.82) is 5.26 Å². The molecule has 7 nitrogen and oxygen atoms in total. The molecule has 1 aliphatic rings. The molecule has 3 aromatic rings. The molecule has 1 N–H and O–H groups in total. The number of carbonyl (C=O) groups excluding carboxylic acids is 2. The Balaban J connectivity index is 1.67. The van der Waals surface area contributed by atoms with Crippen molar-refractivity contribution in [3.8, 4) is 6.07 Å². The van der Waals surface area contributed by atoms with Crippen LogP contribution in [0.2, 0.25) is 0 Å². The summed E-state index contributed by atoms with van der Waals surface area (Å²) in [6.07, 6.45) is 2.92. The maximum atomic E-state index is 13.0. The average Bonchev–Trinajstić information content (AvgIpc) is 2.84. The van der Waals surface area contributed by atoms with Crippen molar-refractivity contribution in [3.63, 3.8) is 0 Å². The normalized spacial score (nSPS) is 13.0. The van der Waals surface area contributed by atoms with Gasteiger partial charge in [0, 0.05) is 6.08 Å². The highest BCUT2D eigenvalue weighted by atomic mass is 16.4. The summed E-state index contributed by atoms with van der Waals surface area (Å²) in [5, 5.41) is 18.3. The van der Waals surface area contributed by atoms with E-state index in [1.54, 1.807) is 41.3 Å². The topological polar surface area (TPSA) is 102 Å². The van der Waals surface area contributed by atoms with E-state index in [2.05, 4.69) is 0 Å². The first-order chi connectivity index (χ1) is 16.0. The minimum atomic E-state index is -1.12. The molecule has 0 spiro atoms. The number of nitrogens with zero attached hydrogens (tertiary/aromatic N) is 3. The monoisotopic (exact) mass is 437 g/mol. The van der Waals surface area contributed by atoms with Crippen molar-refractivity contribution in [1.82, 2.24) is 0 Å². The lowest BCUT2D eigenvalue weighted by atomic mass is 10.1. The van der Waals surface area contributed by atoms with Crippen molar-refractivity contribution < 1.29 is 19.5 Å². The molecule has 0 atom stereocenters. The van der Waals surface area contributed by atoms with Crippen LogP contribution in [0, 0.1) is 11.3 Å². The summed E-state index contributed by atoms with van der Waals surface area (Å²) in [6, 6.07) is 22.6. The van der Waals surface area contributed by atoms with Gasteiger partial charge in [0.05, 0.1) is 35.1 Å². The van der Waals surface area contributed by atoms with Gasteiger partial charge < -0.3 is 10.0 Å². The molecular weight excluding hydrogens is 418 g/mol. The lowest BCUT2D eigenvalue weighted by Crippen LogP contribution is -2.47. The van der Waals surface area contributed by atoms with E-state index in [-0.39, 0.29) is 18.0 Å². The Morgan fingerprint density at radius 3 is 2.39 bits per heavy atom. The highest BCUT2D eigenvalue weighted by molar-refractivity contribution is 6.15. The molecule has 33 heavy (non-hydrogen) atoms. The molecule has 0 radical (unpaired) electrons. The number of carboxylic acids is 1. The Bertz CT molecular complexity index is 1290. The van der Waals surface area contributed by atoms with Crippen LogP contribution in [-0.4, -0.2) is 29.4 Å². The molecule has 1 heterocycles. The Kier molecular flexibility index (Phi) is 6.00. The Labute approximate surface area is 190 Å². The first kappa shape index (κ1) is 21.5. The van der Waals surface area contributed by atoms with E-state index in [1.165, 1.54) is 23.1 Å². The number of aromatic carboxylic acids is 1. The number of fused-ring (bicyclic) bond motifs is 1. The third-order valence-corrected chi connectivity index (χ3v) is 5.31. The van der Waals surface area contributed by atoms with Crippen LogP contribution < -0.4 is 9.80 Å². The number of amides is 2. The van der Waals surface area contributed by atoms with Crippen molar-refractivity contribution in [2.24, 2.45) is 0 Å². The Morgan fingerprint density at radius 1 is 1.00 bits per heavy atom. The van der Waals surface area contributed by atoms with Gasteiger partial charge in [-0.25, -0.2) is 4.79 Å². The number of rotatable bonds is 5. The lowest BCUT2D eigenvalue weighted by Gasteiger charge is -2.36. The summed E-state index contributed by atoms with van der Waals surface area (Å²) < 4.78 is 0. The summed E-state index contributed by atoms with van der Waals surface area (Å²) in [7, 11) is 0. The van der Waals surface area contributed by atoms with Crippen LogP contribution in [0.25, 0.3) is 6.08 Å². The maximum absolute atomic E-state index is 13.0. The van der Waals surface area contributed by atoms with E-state index in [1.807, 2.05) is 36.4 Å². The van der Waals surface area contributed by atoms with Crippen LogP contribution >= 0.6 is 0 Å². The molecule has 162 valence electrons. The van der Waals surface area contributed by atoms with Gasteiger partial charge in [0.25, 0.3) is 5.91 Å². The third kappa shape index (κ3) is 4.65. The zero-order chi connectivity index (χ0) is 23.4. The second kappa shape index (κ2) is 9.20. The van der Waals surface area contributed by atoms with Gasteiger partial charge in [-0.05, 0) is 47.5 Å². The number of hydrogen-bond donors (Lipinski definition) is 1. The number of hydrogen-bond acceptors (Lipinski definition) is 4. The fourth-order valence-electron chi connectivity index (χ4n) is 3.60. The second-order valence-corrected chi connectivity index (χ2v) is 7.47. The largest absolute Gasteiger partial charge is 0.478 e. The van der Waals surface area contributed by atoms with Crippen LogP contribution in [0.3, 0.4) is 0 Å². The van der Waals surface area contributed by atoms with Crippen LogP contribution in [0.4, 0.5) is 11.4 Å². The number of carbonyl (C=O) groups is 3. The molecule has 0 saturated carbocycles. The van der Waals surface area contributed by atoms with Gasteiger partial charge in [0.2, 0.25) is 5.91 Å². The van der Waals surface area contributed by atoms with Gasteiger partial charge in [-0.15, -0.1) is 0 Å². The van der Waals surface area contributed by atoms with E-state index in [0.717, 1.165) is 11.1 Å². The molecule has 0 unspecified atom stereocenters. The number of anilines is 2. The molecule has 0 bridgehead atoms. The molecule has 7 heteroatoms. The Morgan fingerprint density at radius 2 is 1.73 bits per heavy atom. The van der Waals surface area contributed by atoms with E-state index in [9.17, 15) is 19.5 Å². The van der Waals surface area contributed by atoms with Gasteiger partial charge in [0.15, 0.2) is 0 Å². The van der Waals surface area contributed by atoms with Gasteiger partial charge >= 0.3 is 5.97 Å². The highest BCUT2D eigenvalue weighted by Gasteiger charge is 2.32. The molecule has 1 aliphatic heterocycles. The number of benzene rings is 3. The third-order valence-electron chi connectivity index (χ3n) is 5.31. The molecule has 0 saturated heterocycles. The molecule has 0 fully saturated rings. The first-order valence-corrected chi connectivity index (χ1v) is 10.2. The standard InChI is InChI=1S/C26H19N3O4/c27-15-19-8-6-18(7-9-19)10-13-24(30)29-17-25(31)28(16-20-4-2-1-3-5-20)22-12-11-21(26(32)33)14-23(22)29/h1-14H,16-17H2,(H,32,33)/b13-10+. The summed E-state index contributed by atoms with van der Waals surface area (Å²) in [6.45, 7) is 0.0989. The zero-order valence-electron chi connectivity index (χ0n) is 17.5. The van der Waals surface area contributed by atoms with Crippen LogP contribution in [0.15, 0.2) is 78.9 Å². The first-order valence-electron chi connectivity index (χ1n) is 10.2. The van der Waals surface area contributed by atoms with Gasteiger partial charge in [-0.3, -0.25) is 14.5 Å². The minimum absolute atomic E-state index is 0.0247. The van der Waals surface area contributed by atoms with Gasteiger partial charge in [-0.2, -0.15) is 5.26 Å². The van der Waals surface area contributed by atoms with Crippen molar-refractivity contribution in [2.75, 3.05) is 16.3 Å². The van der Waals surface area contributed by atoms with Crippen LogP contribution in [0.1, 0.15) is 27.0 Å². The molecule has 0 aromatic heterocycles. The fourth-order valence-corrected chi connectivity index (χ4v) is 3.60. The summed E-state index contributed by atoms with van der Waals surface area (Å²) in [4.78, 5) is 40.4. The maximum Gasteiger partial charge on any atom is 0.335 e.